The summed E-state index contributed by atoms with van der Waals surface area (Å²) in [6.45, 7) is 3.77. The van der Waals surface area contributed by atoms with Crippen LogP contribution in [0.2, 0.25) is 0 Å². The van der Waals surface area contributed by atoms with E-state index in [-0.39, 0.29) is 0 Å². The first-order valence-corrected chi connectivity index (χ1v) is 3.84. The van der Waals surface area contributed by atoms with Crippen molar-refractivity contribution in [1.82, 2.24) is 20.2 Å². The van der Waals surface area contributed by atoms with Gasteiger partial charge in [-0.3, -0.25) is 0 Å². The van der Waals surface area contributed by atoms with E-state index in [2.05, 4.69) is 38.0 Å². The van der Waals surface area contributed by atoms with Crippen molar-refractivity contribution < 1.29 is 0 Å². The number of nitrogens with zero attached hydrogens (tertiary/aromatic N) is 4. The molecule has 0 aromatic carbocycles. The van der Waals surface area contributed by atoms with Gasteiger partial charge >= 0.3 is 0 Å². The van der Waals surface area contributed by atoms with Crippen LogP contribution in [0.3, 0.4) is 0 Å². The summed E-state index contributed by atoms with van der Waals surface area (Å²) in [7, 11) is 1.78. The number of hydrogen-bond donors (Lipinski definition) is 0. The molecular formula is C5H7BrN4. The van der Waals surface area contributed by atoms with Crippen LogP contribution in [0.5, 0.6) is 0 Å². The van der Waals surface area contributed by atoms with Crippen LogP contribution >= 0.6 is 15.9 Å². The molecule has 0 N–H and O–H groups in total. The molecule has 1 rings (SSSR count). The standard InChI is InChI=1S/C5H7BrN4/c1-4(3-6)5-7-8-9-10(5)2/h1,3H2,2H3. The Balaban J connectivity index is 2.93. The molecule has 4 nitrogen and oxygen atoms in total. The first-order valence-electron chi connectivity index (χ1n) is 2.72. The molecule has 1 aromatic rings. The second-order valence-corrected chi connectivity index (χ2v) is 2.42. The van der Waals surface area contributed by atoms with Crippen molar-refractivity contribution >= 4 is 21.5 Å². The highest BCUT2D eigenvalue weighted by Gasteiger charge is 2.03. The van der Waals surface area contributed by atoms with Crippen LogP contribution in [0.1, 0.15) is 5.82 Å². The van der Waals surface area contributed by atoms with Gasteiger partial charge in [0.2, 0.25) is 0 Å². The van der Waals surface area contributed by atoms with Crippen molar-refractivity contribution in [3.8, 4) is 0 Å². The molecule has 0 amide bonds. The highest BCUT2D eigenvalue weighted by atomic mass is 79.9. The van der Waals surface area contributed by atoms with Crippen molar-refractivity contribution in [3.63, 3.8) is 0 Å². The Bertz CT molecular complexity index is 242. The number of tetrazole rings is 1. The molecule has 1 aromatic heterocycles. The molecule has 0 bridgehead atoms. The summed E-state index contributed by atoms with van der Waals surface area (Å²) >= 11 is 3.26. The van der Waals surface area contributed by atoms with Gasteiger partial charge in [0, 0.05) is 18.0 Å². The van der Waals surface area contributed by atoms with Crippen molar-refractivity contribution in [1.29, 1.82) is 0 Å². The number of allylic oxidation sites excluding steroid dienone is 1. The molecule has 54 valence electrons. The molecule has 0 fully saturated rings. The third kappa shape index (κ3) is 1.23. The summed E-state index contributed by atoms with van der Waals surface area (Å²) < 4.78 is 1.59. The molecule has 0 aliphatic rings. The van der Waals surface area contributed by atoms with Crippen LogP contribution in [0.4, 0.5) is 0 Å². The molecule has 0 atom stereocenters. The first-order chi connectivity index (χ1) is 4.75. The summed E-state index contributed by atoms with van der Waals surface area (Å²) in [5, 5.41) is 11.6. The van der Waals surface area contributed by atoms with Gasteiger partial charge in [-0.15, -0.1) is 5.10 Å². The Morgan fingerprint density at radius 1 is 1.80 bits per heavy atom. The number of halogens is 1. The van der Waals surface area contributed by atoms with Gasteiger partial charge < -0.3 is 0 Å². The van der Waals surface area contributed by atoms with E-state index in [0.29, 0.717) is 5.33 Å². The Hall–Kier alpha value is -0.710. The lowest BCUT2D eigenvalue weighted by atomic mass is 10.3. The summed E-state index contributed by atoms with van der Waals surface area (Å²) in [5.74, 6) is 0.719. The number of alkyl halides is 1. The van der Waals surface area contributed by atoms with E-state index in [4.69, 9.17) is 0 Å². The predicted octanol–water partition coefficient (Wildman–Crippen LogP) is 0.618. The molecule has 10 heavy (non-hydrogen) atoms. The molecule has 0 radical (unpaired) electrons. The molecule has 5 heteroatoms. The van der Waals surface area contributed by atoms with E-state index in [0.717, 1.165) is 11.4 Å². The van der Waals surface area contributed by atoms with E-state index in [1.54, 1.807) is 11.7 Å². The minimum absolute atomic E-state index is 0.696. The maximum atomic E-state index is 3.77. The van der Waals surface area contributed by atoms with Crippen LogP contribution in [-0.4, -0.2) is 25.5 Å². The average Bonchev–Trinajstić information content (AvgIpc) is 2.34. The van der Waals surface area contributed by atoms with Gasteiger partial charge in [0.25, 0.3) is 0 Å². The minimum atomic E-state index is 0.696. The fourth-order valence-electron chi connectivity index (χ4n) is 0.589. The fourth-order valence-corrected chi connectivity index (χ4v) is 0.840. The zero-order chi connectivity index (χ0) is 7.56. The average molecular weight is 203 g/mol. The van der Waals surface area contributed by atoms with Crippen molar-refractivity contribution in [3.05, 3.63) is 12.4 Å². The fraction of sp³-hybridized carbons (Fsp3) is 0.400. The second kappa shape index (κ2) is 2.92. The summed E-state index contributed by atoms with van der Waals surface area (Å²) in [6.07, 6.45) is 0. The summed E-state index contributed by atoms with van der Waals surface area (Å²) in [6, 6.07) is 0. The monoisotopic (exact) mass is 202 g/mol. The van der Waals surface area contributed by atoms with Crippen LogP contribution in [0.25, 0.3) is 5.57 Å². The van der Waals surface area contributed by atoms with Crippen molar-refractivity contribution in [2.24, 2.45) is 7.05 Å². The van der Waals surface area contributed by atoms with Gasteiger partial charge in [-0.1, -0.05) is 22.5 Å². The van der Waals surface area contributed by atoms with Crippen LogP contribution in [0.15, 0.2) is 6.58 Å². The largest absolute Gasteiger partial charge is 0.229 e. The van der Waals surface area contributed by atoms with Crippen molar-refractivity contribution in [2.45, 2.75) is 0 Å². The Labute approximate surface area is 67.1 Å². The van der Waals surface area contributed by atoms with Crippen LogP contribution in [-0.2, 0) is 7.05 Å². The number of rotatable bonds is 2. The molecule has 0 aliphatic carbocycles. The van der Waals surface area contributed by atoms with Gasteiger partial charge in [0.05, 0.1) is 0 Å². The van der Waals surface area contributed by atoms with Crippen LogP contribution in [0, 0.1) is 0 Å². The van der Waals surface area contributed by atoms with Gasteiger partial charge in [-0.05, 0) is 10.4 Å². The van der Waals surface area contributed by atoms with Crippen LogP contribution < -0.4 is 0 Å². The zero-order valence-corrected chi connectivity index (χ0v) is 7.17. The number of hydrogen-bond acceptors (Lipinski definition) is 3. The number of aromatic nitrogens is 4. The third-order valence-corrected chi connectivity index (χ3v) is 1.77. The lowest BCUT2D eigenvalue weighted by Crippen LogP contribution is -1.98. The predicted molar refractivity (Wildman–Crippen MR) is 41.6 cm³/mol. The lowest BCUT2D eigenvalue weighted by Gasteiger charge is -1.95. The zero-order valence-electron chi connectivity index (χ0n) is 5.58. The highest BCUT2D eigenvalue weighted by molar-refractivity contribution is 9.09. The minimum Gasteiger partial charge on any atom is -0.229 e. The normalized spacial score (nSPS) is 9.80. The van der Waals surface area contributed by atoms with E-state index < -0.39 is 0 Å². The molecule has 0 aliphatic heterocycles. The number of aryl methyl sites for hydroxylation is 1. The third-order valence-electron chi connectivity index (χ3n) is 1.10. The van der Waals surface area contributed by atoms with Gasteiger partial charge in [0.15, 0.2) is 5.82 Å². The Morgan fingerprint density at radius 3 is 2.90 bits per heavy atom. The van der Waals surface area contributed by atoms with Crippen molar-refractivity contribution in [2.75, 3.05) is 5.33 Å². The summed E-state index contributed by atoms with van der Waals surface area (Å²) in [4.78, 5) is 0. The molecule has 0 unspecified atom stereocenters. The SMILES string of the molecule is C=C(CBr)c1nnnn1C. The summed E-state index contributed by atoms with van der Waals surface area (Å²) in [5.41, 5.74) is 0.882. The smallest absolute Gasteiger partial charge is 0.177 e. The molecule has 0 saturated carbocycles. The van der Waals surface area contributed by atoms with Gasteiger partial charge in [-0.2, -0.15) is 0 Å². The highest BCUT2D eigenvalue weighted by Crippen LogP contribution is 2.08. The molecule has 0 spiro atoms. The topological polar surface area (TPSA) is 43.6 Å². The van der Waals surface area contributed by atoms with E-state index in [1.807, 2.05) is 0 Å². The Kier molecular flexibility index (Phi) is 2.16. The lowest BCUT2D eigenvalue weighted by molar-refractivity contribution is 0.705. The molecule has 0 saturated heterocycles. The van der Waals surface area contributed by atoms with E-state index >= 15 is 0 Å². The first kappa shape index (κ1) is 7.40. The quantitative estimate of drug-likeness (QED) is 0.661. The maximum Gasteiger partial charge on any atom is 0.177 e. The maximum absolute atomic E-state index is 3.77. The Morgan fingerprint density at radius 2 is 2.50 bits per heavy atom. The second-order valence-electron chi connectivity index (χ2n) is 1.86. The molecule has 1 heterocycles. The van der Waals surface area contributed by atoms with E-state index in [9.17, 15) is 0 Å². The molecular weight excluding hydrogens is 196 g/mol. The van der Waals surface area contributed by atoms with E-state index in [1.165, 1.54) is 0 Å². The van der Waals surface area contributed by atoms with Gasteiger partial charge in [0.1, 0.15) is 0 Å². The van der Waals surface area contributed by atoms with Gasteiger partial charge in [-0.25, -0.2) is 4.68 Å².